The highest BCUT2D eigenvalue weighted by Crippen LogP contribution is 2.36. The molecule has 226 valence electrons. The van der Waals surface area contributed by atoms with Gasteiger partial charge in [0.25, 0.3) is 0 Å². The Kier molecular flexibility index (Phi) is 9.95. The second-order valence-electron chi connectivity index (χ2n) is 12.4. The average molecular weight is 575 g/mol. The Morgan fingerprint density at radius 1 is 1.00 bits per heavy atom. The van der Waals surface area contributed by atoms with E-state index in [1.165, 1.54) is 6.42 Å². The number of hydrogen-bond acceptors (Lipinski definition) is 5. The smallest absolute Gasteiger partial charge is 0.248 e. The van der Waals surface area contributed by atoms with Crippen molar-refractivity contribution in [3.05, 3.63) is 65.7 Å². The number of rotatable bonds is 10. The van der Waals surface area contributed by atoms with Crippen LogP contribution in [0.25, 0.3) is 0 Å². The van der Waals surface area contributed by atoms with Crippen molar-refractivity contribution < 1.29 is 19.5 Å². The SMILES string of the molecule is CCCCN1C(=O)C(C(O)C2CCCCC2)NC(=O)C12CCN(Cc1ccc(NC(=O)Cc3ccccc3)cc1)CC2. The van der Waals surface area contributed by atoms with Crippen LogP contribution in [-0.2, 0) is 27.3 Å². The summed E-state index contributed by atoms with van der Waals surface area (Å²) in [6.45, 7) is 4.79. The fraction of sp³-hybridized carbons (Fsp3) is 0.559. The molecule has 8 heteroatoms. The van der Waals surface area contributed by atoms with Crippen LogP contribution in [0.5, 0.6) is 0 Å². The molecule has 3 fully saturated rings. The van der Waals surface area contributed by atoms with Crippen LogP contribution in [0.1, 0.15) is 75.8 Å². The molecule has 3 aliphatic rings. The van der Waals surface area contributed by atoms with Gasteiger partial charge in [-0.1, -0.05) is 75.1 Å². The van der Waals surface area contributed by atoms with E-state index in [9.17, 15) is 19.5 Å². The number of carbonyl (C=O) groups is 3. The van der Waals surface area contributed by atoms with Crippen molar-refractivity contribution in [2.75, 3.05) is 25.0 Å². The van der Waals surface area contributed by atoms with Gasteiger partial charge in [0, 0.05) is 31.9 Å². The number of piperidine rings is 1. The zero-order chi connectivity index (χ0) is 29.5. The number of carbonyl (C=O) groups excluding carboxylic acids is 3. The van der Waals surface area contributed by atoms with Crippen LogP contribution in [0.15, 0.2) is 54.6 Å². The monoisotopic (exact) mass is 574 g/mol. The molecule has 3 N–H and O–H groups in total. The van der Waals surface area contributed by atoms with E-state index in [4.69, 9.17) is 0 Å². The molecule has 42 heavy (non-hydrogen) atoms. The summed E-state index contributed by atoms with van der Waals surface area (Å²) in [5, 5.41) is 17.1. The molecule has 2 saturated heterocycles. The van der Waals surface area contributed by atoms with Gasteiger partial charge < -0.3 is 20.6 Å². The number of amides is 3. The van der Waals surface area contributed by atoms with E-state index in [0.29, 0.717) is 38.9 Å². The number of anilines is 1. The first-order valence-electron chi connectivity index (χ1n) is 15.9. The molecule has 2 atom stereocenters. The standard InChI is InChI=1S/C34H46N4O4/c1-2-3-20-38-32(41)30(31(40)27-12-8-5-9-13-27)36-33(42)34(38)18-21-37(22-19-34)24-26-14-16-28(17-15-26)35-29(39)23-25-10-6-4-7-11-25/h4,6-7,10-11,14-17,27,30-31,40H,2-3,5,8-9,12-13,18-24H2,1H3,(H,35,39)(H,36,42). The summed E-state index contributed by atoms with van der Waals surface area (Å²) >= 11 is 0. The van der Waals surface area contributed by atoms with Gasteiger partial charge in [-0.3, -0.25) is 19.3 Å². The number of likely N-dealkylation sites (tertiary alicyclic amines) is 1. The Morgan fingerprint density at radius 3 is 2.36 bits per heavy atom. The summed E-state index contributed by atoms with van der Waals surface area (Å²) in [5.74, 6) is -0.190. The quantitative estimate of drug-likeness (QED) is 0.394. The van der Waals surface area contributed by atoms with Gasteiger partial charge in [0.2, 0.25) is 17.7 Å². The molecule has 0 radical (unpaired) electrons. The molecule has 2 heterocycles. The van der Waals surface area contributed by atoms with Gasteiger partial charge >= 0.3 is 0 Å². The van der Waals surface area contributed by atoms with Crippen molar-refractivity contribution >= 4 is 23.4 Å². The van der Waals surface area contributed by atoms with Crippen LogP contribution in [-0.4, -0.2) is 69.9 Å². The van der Waals surface area contributed by atoms with E-state index < -0.39 is 17.7 Å². The van der Waals surface area contributed by atoms with Gasteiger partial charge in [-0.15, -0.1) is 0 Å². The van der Waals surface area contributed by atoms with Gasteiger partial charge in [-0.25, -0.2) is 0 Å². The molecule has 1 saturated carbocycles. The number of piperazine rings is 1. The van der Waals surface area contributed by atoms with Crippen molar-refractivity contribution in [2.45, 2.75) is 95.4 Å². The minimum atomic E-state index is -0.849. The lowest BCUT2D eigenvalue weighted by atomic mass is 9.78. The third kappa shape index (κ3) is 6.87. The van der Waals surface area contributed by atoms with Crippen molar-refractivity contribution in [2.24, 2.45) is 5.92 Å². The maximum atomic E-state index is 13.8. The Labute approximate surface area is 249 Å². The maximum Gasteiger partial charge on any atom is 0.248 e. The van der Waals surface area contributed by atoms with Crippen molar-refractivity contribution in [3.63, 3.8) is 0 Å². The Balaban J connectivity index is 1.18. The molecule has 3 amide bonds. The minimum absolute atomic E-state index is 0.0447. The molecule has 0 bridgehead atoms. The van der Waals surface area contributed by atoms with E-state index >= 15 is 0 Å². The second kappa shape index (κ2) is 13.8. The number of nitrogens with one attached hydrogen (secondary N) is 2. The van der Waals surface area contributed by atoms with Crippen molar-refractivity contribution in [3.8, 4) is 0 Å². The summed E-state index contributed by atoms with van der Waals surface area (Å²) in [6.07, 6.45) is 7.58. The zero-order valence-electron chi connectivity index (χ0n) is 24.9. The van der Waals surface area contributed by atoms with E-state index in [1.807, 2.05) is 59.5 Å². The Bertz CT molecular complexity index is 1200. The fourth-order valence-corrected chi connectivity index (χ4v) is 6.97. The van der Waals surface area contributed by atoms with Gasteiger partial charge in [0.1, 0.15) is 11.6 Å². The lowest BCUT2D eigenvalue weighted by molar-refractivity contribution is -0.166. The highest BCUT2D eigenvalue weighted by molar-refractivity contribution is 6.00. The topological polar surface area (TPSA) is 102 Å². The van der Waals surface area contributed by atoms with Gasteiger partial charge in [-0.05, 0) is 61.3 Å². The first-order valence-corrected chi connectivity index (χ1v) is 15.9. The average Bonchev–Trinajstić information content (AvgIpc) is 3.01. The zero-order valence-corrected chi connectivity index (χ0v) is 24.9. The van der Waals surface area contributed by atoms with Crippen molar-refractivity contribution in [1.82, 2.24) is 15.1 Å². The third-order valence-electron chi connectivity index (χ3n) is 9.50. The molecule has 0 aromatic heterocycles. The summed E-state index contributed by atoms with van der Waals surface area (Å²) in [4.78, 5) is 44.1. The van der Waals surface area contributed by atoms with E-state index in [2.05, 4.69) is 22.5 Å². The predicted molar refractivity (Wildman–Crippen MR) is 164 cm³/mol. The Morgan fingerprint density at radius 2 is 1.69 bits per heavy atom. The molecule has 5 rings (SSSR count). The fourth-order valence-electron chi connectivity index (χ4n) is 6.97. The van der Waals surface area contributed by atoms with Gasteiger partial charge in [0.15, 0.2) is 0 Å². The molecule has 2 aliphatic heterocycles. The number of nitrogens with zero attached hydrogens (tertiary/aromatic N) is 2. The molecule has 2 aromatic carbocycles. The molecular weight excluding hydrogens is 528 g/mol. The van der Waals surface area contributed by atoms with Crippen LogP contribution in [0.4, 0.5) is 5.69 Å². The summed E-state index contributed by atoms with van der Waals surface area (Å²) < 4.78 is 0. The number of hydrogen-bond donors (Lipinski definition) is 3. The van der Waals surface area contributed by atoms with Crippen LogP contribution in [0, 0.1) is 5.92 Å². The molecule has 8 nitrogen and oxygen atoms in total. The summed E-state index contributed by atoms with van der Waals surface area (Å²) in [5.41, 5.74) is 2.03. The van der Waals surface area contributed by atoms with Crippen LogP contribution in [0.2, 0.25) is 0 Å². The highest BCUT2D eigenvalue weighted by atomic mass is 16.3. The lowest BCUT2D eigenvalue weighted by Crippen LogP contribution is -2.75. The summed E-state index contributed by atoms with van der Waals surface area (Å²) in [6, 6.07) is 16.8. The molecule has 2 aromatic rings. The van der Waals surface area contributed by atoms with E-state index in [-0.39, 0.29) is 23.6 Å². The normalized spacial score (nSPS) is 22.1. The van der Waals surface area contributed by atoms with Gasteiger partial charge in [0.05, 0.1) is 12.5 Å². The first-order chi connectivity index (χ1) is 20.4. The highest BCUT2D eigenvalue weighted by Gasteiger charge is 2.55. The third-order valence-corrected chi connectivity index (χ3v) is 9.50. The maximum absolute atomic E-state index is 13.8. The second-order valence-corrected chi connectivity index (χ2v) is 12.4. The molecule has 1 spiro atoms. The number of aliphatic hydroxyl groups excluding tert-OH is 1. The van der Waals surface area contributed by atoms with E-state index in [1.54, 1.807) is 0 Å². The van der Waals surface area contributed by atoms with Crippen LogP contribution in [0.3, 0.4) is 0 Å². The molecule has 2 unspecified atom stereocenters. The predicted octanol–water partition coefficient (Wildman–Crippen LogP) is 4.27. The van der Waals surface area contributed by atoms with Crippen LogP contribution < -0.4 is 10.6 Å². The number of unbranched alkanes of at least 4 members (excludes halogenated alkanes) is 1. The number of aliphatic hydroxyl groups is 1. The largest absolute Gasteiger partial charge is 0.390 e. The molecule has 1 aliphatic carbocycles. The molecular formula is C34H46N4O4. The summed E-state index contributed by atoms with van der Waals surface area (Å²) in [7, 11) is 0. The van der Waals surface area contributed by atoms with E-state index in [0.717, 1.165) is 61.9 Å². The minimum Gasteiger partial charge on any atom is -0.390 e. The van der Waals surface area contributed by atoms with Crippen LogP contribution >= 0.6 is 0 Å². The Hall–Kier alpha value is -3.23. The number of benzene rings is 2. The van der Waals surface area contributed by atoms with Crippen molar-refractivity contribution in [1.29, 1.82) is 0 Å². The first kappa shape index (κ1) is 30.2. The lowest BCUT2D eigenvalue weighted by Gasteiger charge is -2.52. The van der Waals surface area contributed by atoms with Gasteiger partial charge in [-0.2, -0.15) is 0 Å².